The van der Waals surface area contributed by atoms with Crippen LogP contribution in [0.5, 0.6) is 0 Å². The van der Waals surface area contributed by atoms with Gasteiger partial charge in [0.05, 0.1) is 16.9 Å². The monoisotopic (exact) mass is 437 g/mol. The van der Waals surface area contributed by atoms with E-state index in [0.717, 1.165) is 17.3 Å². The van der Waals surface area contributed by atoms with E-state index in [1.54, 1.807) is 25.1 Å². The van der Waals surface area contributed by atoms with Crippen molar-refractivity contribution in [2.75, 3.05) is 6.61 Å². The molecule has 2 aliphatic rings. The minimum Gasteiger partial charge on any atom is -0.460 e. The molecule has 0 amide bonds. The summed E-state index contributed by atoms with van der Waals surface area (Å²) in [4.78, 5) is 22.9. The number of halogens is 1. The third kappa shape index (κ3) is 3.51. The standard InChI is InChI=1S/C19H20BrNO6/c1-2-26-17(22)15-11-14(12-6-5-7-13(10-12)21(24)25)19(18(23)27-15)9-4-3-8-16(19)20/h5-8,10-11,14,18,23H,2-4,9H2,1H3/t14-,18?,19+/m0/s1. The van der Waals surface area contributed by atoms with E-state index < -0.39 is 28.5 Å². The SMILES string of the molecule is CCOC(=O)C1=C[C@@H](c2cccc([N+](=O)[O-])c2)[C@@]2(CCCC=C2Br)C(O)O1. The van der Waals surface area contributed by atoms with Crippen LogP contribution in [-0.2, 0) is 14.3 Å². The quantitative estimate of drug-likeness (QED) is 0.435. The fraction of sp³-hybridized carbons (Fsp3) is 0.421. The molecule has 3 rings (SSSR count). The van der Waals surface area contributed by atoms with Crippen LogP contribution in [0, 0.1) is 15.5 Å². The summed E-state index contributed by atoms with van der Waals surface area (Å²) in [6, 6.07) is 6.24. The van der Waals surface area contributed by atoms with E-state index in [1.165, 1.54) is 12.1 Å². The summed E-state index contributed by atoms with van der Waals surface area (Å²) < 4.78 is 11.3. The number of benzene rings is 1. The van der Waals surface area contributed by atoms with Crippen LogP contribution >= 0.6 is 15.9 Å². The van der Waals surface area contributed by atoms with Gasteiger partial charge in [0.25, 0.3) is 5.69 Å². The minimum atomic E-state index is -1.29. The topological polar surface area (TPSA) is 98.9 Å². The first-order valence-corrected chi connectivity index (χ1v) is 9.53. The molecule has 1 aromatic rings. The second-order valence-corrected chi connectivity index (χ2v) is 7.39. The lowest BCUT2D eigenvalue weighted by Crippen LogP contribution is -2.46. The number of aliphatic hydroxyl groups excluding tert-OH is 1. The van der Waals surface area contributed by atoms with Crippen molar-refractivity contribution in [3.8, 4) is 0 Å². The molecule has 1 aromatic carbocycles. The largest absolute Gasteiger partial charge is 0.460 e. The number of ether oxygens (including phenoxy) is 2. The van der Waals surface area contributed by atoms with Crippen LogP contribution in [0.2, 0.25) is 0 Å². The Bertz CT molecular complexity index is 820. The van der Waals surface area contributed by atoms with Crippen LogP contribution in [0.4, 0.5) is 5.69 Å². The molecule has 1 unspecified atom stereocenters. The van der Waals surface area contributed by atoms with Gasteiger partial charge in [0.1, 0.15) is 0 Å². The molecule has 1 aliphatic heterocycles. The van der Waals surface area contributed by atoms with Crippen molar-refractivity contribution in [2.24, 2.45) is 5.41 Å². The molecule has 144 valence electrons. The van der Waals surface area contributed by atoms with Gasteiger partial charge in [-0.1, -0.05) is 34.1 Å². The molecule has 27 heavy (non-hydrogen) atoms. The lowest BCUT2D eigenvalue weighted by atomic mass is 9.65. The fourth-order valence-corrected chi connectivity index (χ4v) is 4.61. The van der Waals surface area contributed by atoms with Crippen LogP contribution in [-0.4, -0.2) is 28.9 Å². The minimum absolute atomic E-state index is 0.0503. The molecule has 0 aromatic heterocycles. The number of nitro groups is 1. The van der Waals surface area contributed by atoms with Gasteiger partial charge in [-0.2, -0.15) is 0 Å². The molecular weight excluding hydrogens is 418 g/mol. The Morgan fingerprint density at radius 3 is 2.96 bits per heavy atom. The Kier molecular flexibility index (Phi) is 5.67. The van der Waals surface area contributed by atoms with Crippen molar-refractivity contribution in [2.45, 2.75) is 38.4 Å². The first-order chi connectivity index (χ1) is 12.9. The first-order valence-electron chi connectivity index (χ1n) is 8.74. The van der Waals surface area contributed by atoms with E-state index in [0.29, 0.717) is 12.0 Å². The van der Waals surface area contributed by atoms with Crippen molar-refractivity contribution in [1.29, 1.82) is 0 Å². The number of esters is 1. The number of rotatable bonds is 4. The molecule has 3 atom stereocenters. The number of nitro benzene ring substituents is 1. The van der Waals surface area contributed by atoms with Gasteiger partial charge in [0, 0.05) is 22.5 Å². The van der Waals surface area contributed by atoms with Crippen molar-refractivity contribution in [3.63, 3.8) is 0 Å². The van der Waals surface area contributed by atoms with Gasteiger partial charge in [0.15, 0.2) is 0 Å². The molecule has 1 N–H and O–H groups in total. The van der Waals surface area contributed by atoms with E-state index >= 15 is 0 Å². The van der Waals surface area contributed by atoms with E-state index in [-0.39, 0.29) is 18.1 Å². The molecule has 0 saturated carbocycles. The molecule has 0 bridgehead atoms. The highest BCUT2D eigenvalue weighted by Gasteiger charge is 2.53. The summed E-state index contributed by atoms with van der Waals surface area (Å²) in [6.07, 6.45) is 4.56. The van der Waals surface area contributed by atoms with Crippen molar-refractivity contribution in [3.05, 3.63) is 62.3 Å². The summed E-state index contributed by atoms with van der Waals surface area (Å²) in [7, 11) is 0. The smallest absolute Gasteiger partial charge is 0.373 e. The number of non-ortho nitro benzene ring substituents is 1. The zero-order valence-electron chi connectivity index (χ0n) is 14.8. The second kappa shape index (κ2) is 7.82. The molecule has 1 aliphatic carbocycles. The Labute approximate surface area is 164 Å². The fourth-order valence-electron chi connectivity index (χ4n) is 3.74. The van der Waals surface area contributed by atoms with Gasteiger partial charge in [-0.25, -0.2) is 4.79 Å². The van der Waals surface area contributed by atoms with E-state index in [9.17, 15) is 20.0 Å². The predicted octanol–water partition coefficient (Wildman–Crippen LogP) is 3.92. The Morgan fingerprint density at radius 1 is 1.52 bits per heavy atom. The molecule has 0 saturated heterocycles. The maximum atomic E-state index is 12.2. The van der Waals surface area contributed by atoms with E-state index in [1.807, 2.05) is 6.08 Å². The number of nitrogens with zero attached hydrogens (tertiary/aromatic N) is 1. The van der Waals surface area contributed by atoms with E-state index in [4.69, 9.17) is 9.47 Å². The number of carbonyl (C=O) groups is 1. The highest BCUT2D eigenvalue weighted by Crippen LogP contribution is 2.56. The van der Waals surface area contributed by atoms with Crippen LogP contribution in [0.15, 0.2) is 46.7 Å². The Hall–Kier alpha value is -2.19. The molecular formula is C19H20BrNO6. The van der Waals surface area contributed by atoms with Crippen LogP contribution in [0.1, 0.15) is 37.7 Å². The van der Waals surface area contributed by atoms with Crippen LogP contribution in [0.25, 0.3) is 0 Å². The van der Waals surface area contributed by atoms with Crippen LogP contribution < -0.4 is 0 Å². The first kappa shape index (κ1) is 19.6. The Balaban J connectivity index is 2.15. The summed E-state index contributed by atoms with van der Waals surface area (Å²) in [5.74, 6) is -1.25. The summed E-state index contributed by atoms with van der Waals surface area (Å²) in [5, 5.41) is 22.1. The summed E-state index contributed by atoms with van der Waals surface area (Å²) >= 11 is 3.56. The van der Waals surface area contributed by atoms with Gasteiger partial charge < -0.3 is 14.6 Å². The number of allylic oxidation sites excluding steroid dienone is 2. The molecule has 0 fully saturated rings. The number of hydrogen-bond donors (Lipinski definition) is 1. The molecule has 0 radical (unpaired) electrons. The van der Waals surface area contributed by atoms with Crippen molar-refractivity contribution >= 4 is 27.6 Å². The predicted molar refractivity (Wildman–Crippen MR) is 101 cm³/mol. The van der Waals surface area contributed by atoms with Gasteiger partial charge >= 0.3 is 5.97 Å². The number of aliphatic hydroxyl groups is 1. The van der Waals surface area contributed by atoms with Crippen molar-refractivity contribution in [1.82, 2.24) is 0 Å². The van der Waals surface area contributed by atoms with Crippen LogP contribution in [0.3, 0.4) is 0 Å². The third-order valence-electron chi connectivity index (χ3n) is 5.03. The molecule has 1 heterocycles. The zero-order chi connectivity index (χ0) is 19.6. The van der Waals surface area contributed by atoms with Gasteiger partial charge in [-0.3, -0.25) is 10.1 Å². The second-order valence-electron chi connectivity index (χ2n) is 6.54. The highest BCUT2D eigenvalue weighted by atomic mass is 79.9. The summed E-state index contributed by atoms with van der Waals surface area (Å²) in [6.45, 7) is 1.85. The molecule has 7 nitrogen and oxygen atoms in total. The van der Waals surface area contributed by atoms with Gasteiger partial charge in [-0.15, -0.1) is 0 Å². The van der Waals surface area contributed by atoms with E-state index in [2.05, 4.69) is 15.9 Å². The normalized spacial score (nSPS) is 27.4. The average molecular weight is 438 g/mol. The highest BCUT2D eigenvalue weighted by molar-refractivity contribution is 9.11. The lowest BCUT2D eigenvalue weighted by Gasteiger charge is -2.47. The van der Waals surface area contributed by atoms with Gasteiger partial charge in [0.2, 0.25) is 12.0 Å². The zero-order valence-corrected chi connectivity index (χ0v) is 16.3. The average Bonchev–Trinajstić information content (AvgIpc) is 2.65. The van der Waals surface area contributed by atoms with Crippen molar-refractivity contribution < 1.29 is 24.3 Å². The molecule has 8 heteroatoms. The third-order valence-corrected chi connectivity index (χ3v) is 6.09. The van der Waals surface area contributed by atoms with Gasteiger partial charge in [-0.05, 0) is 37.8 Å². The lowest BCUT2D eigenvalue weighted by molar-refractivity contribution is -0.385. The maximum absolute atomic E-state index is 12.2. The number of hydrogen-bond acceptors (Lipinski definition) is 6. The number of carbonyl (C=O) groups excluding carboxylic acids is 1. The maximum Gasteiger partial charge on any atom is 0.373 e. The molecule has 1 spiro atoms. The Morgan fingerprint density at radius 2 is 2.30 bits per heavy atom. The summed E-state index contributed by atoms with van der Waals surface area (Å²) in [5.41, 5.74) is -0.282.